The summed E-state index contributed by atoms with van der Waals surface area (Å²) in [6.45, 7) is 3.22. The summed E-state index contributed by atoms with van der Waals surface area (Å²) < 4.78 is 5.39. The van der Waals surface area contributed by atoms with E-state index in [1.54, 1.807) is 12.1 Å². The topological polar surface area (TPSA) is 36.3 Å². The van der Waals surface area contributed by atoms with Crippen molar-refractivity contribution < 1.29 is 4.74 Å². The average molecular weight is 237 g/mol. The van der Waals surface area contributed by atoms with E-state index in [2.05, 4.69) is 11.0 Å². The normalized spacial score (nSPS) is 16.6. The largest absolute Gasteiger partial charge is 0.380 e. The van der Waals surface area contributed by atoms with Crippen LogP contribution in [0.15, 0.2) is 18.2 Å². The van der Waals surface area contributed by atoms with Crippen LogP contribution in [0.1, 0.15) is 12.0 Å². The summed E-state index contributed by atoms with van der Waals surface area (Å²) in [4.78, 5) is 2.16. The average Bonchev–Trinajstić information content (AvgIpc) is 2.57. The number of benzene rings is 1. The SMILES string of the molecule is N#Cc1ccc(Cl)cc1N1CCCOCC1. The lowest BCUT2D eigenvalue weighted by Crippen LogP contribution is -2.26. The molecular weight excluding hydrogens is 224 g/mol. The van der Waals surface area contributed by atoms with Gasteiger partial charge in [0, 0.05) is 24.7 Å². The Labute approximate surface area is 100 Å². The Morgan fingerprint density at radius 2 is 2.19 bits per heavy atom. The fourth-order valence-electron chi connectivity index (χ4n) is 1.85. The van der Waals surface area contributed by atoms with Crippen LogP contribution >= 0.6 is 11.6 Å². The van der Waals surface area contributed by atoms with Crippen LogP contribution in [0.2, 0.25) is 5.02 Å². The number of rotatable bonds is 1. The molecule has 0 aromatic heterocycles. The second-order valence-corrected chi connectivity index (χ2v) is 4.16. The molecule has 0 aliphatic carbocycles. The molecular formula is C12H13ClN2O. The first kappa shape index (κ1) is 11.3. The lowest BCUT2D eigenvalue weighted by molar-refractivity contribution is 0.152. The van der Waals surface area contributed by atoms with Crippen molar-refractivity contribution >= 4 is 17.3 Å². The van der Waals surface area contributed by atoms with Gasteiger partial charge >= 0.3 is 0 Å². The first-order valence-corrected chi connectivity index (χ1v) is 5.71. The van der Waals surface area contributed by atoms with E-state index in [1.165, 1.54) is 0 Å². The van der Waals surface area contributed by atoms with Gasteiger partial charge in [0.25, 0.3) is 0 Å². The quantitative estimate of drug-likeness (QED) is 0.752. The van der Waals surface area contributed by atoms with E-state index >= 15 is 0 Å². The van der Waals surface area contributed by atoms with Crippen molar-refractivity contribution in [1.29, 1.82) is 5.26 Å². The summed E-state index contributed by atoms with van der Waals surface area (Å²) in [6, 6.07) is 7.57. The minimum Gasteiger partial charge on any atom is -0.380 e. The molecule has 0 radical (unpaired) electrons. The molecule has 1 aromatic rings. The molecule has 0 atom stereocenters. The van der Waals surface area contributed by atoms with Crippen LogP contribution in [0.25, 0.3) is 0 Å². The van der Waals surface area contributed by atoms with Crippen molar-refractivity contribution in [3.05, 3.63) is 28.8 Å². The summed E-state index contributed by atoms with van der Waals surface area (Å²) in [5.74, 6) is 0. The first-order chi connectivity index (χ1) is 7.81. The minimum absolute atomic E-state index is 0.666. The van der Waals surface area contributed by atoms with Gasteiger partial charge in [-0.05, 0) is 24.6 Å². The molecule has 1 saturated heterocycles. The summed E-state index contributed by atoms with van der Waals surface area (Å²) >= 11 is 5.97. The minimum atomic E-state index is 0.666. The second kappa shape index (κ2) is 5.20. The number of anilines is 1. The van der Waals surface area contributed by atoms with Crippen LogP contribution < -0.4 is 4.90 Å². The third kappa shape index (κ3) is 2.46. The number of halogens is 1. The zero-order valence-electron chi connectivity index (χ0n) is 8.95. The Morgan fingerprint density at radius 3 is 3.00 bits per heavy atom. The molecule has 1 aromatic carbocycles. The monoisotopic (exact) mass is 236 g/mol. The maximum Gasteiger partial charge on any atom is 0.101 e. The summed E-state index contributed by atoms with van der Waals surface area (Å²) in [5, 5.41) is 9.73. The predicted molar refractivity (Wildman–Crippen MR) is 63.8 cm³/mol. The maximum absolute atomic E-state index is 9.06. The smallest absolute Gasteiger partial charge is 0.101 e. The number of nitrogens with zero attached hydrogens (tertiary/aromatic N) is 2. The van der Waals surface area contributed by atoms with Gasteiger partial charge in [0.2, 0.25) is 0 Å². The fraction of sp³-hybridized carbons (Fsp3) is 0.417. The number of hydrogen-bond acceptors (Lipinski definition) is 3. The zero-order valence-corrected chi connectivity index (χ0v) is 9.70. The van der Waals surface area contributed by atoms with Crippen molar-refractivity contribution in [2.45, 2.75) is 6.42 Å². The zero-order chi connectivity index (χ0) is 11.4. The van der Waals surface area contributed by atoms with E-state index in [-0.39, 0.29) is 0 Å². The first-order valence-electron chi connectivity index (χ1n) is 5.33. The van der Waals surface area contributed by atoms with Gasteiger partial charge < -0.3 is 9.64 Å². The molecule has 0 N–H and O–H groups in total. The highest BCUT2D eigenvalue weighted by atomic mass is 35.5. The Kier molecular flexibility index (Phi) is 3.66. The molecule has 1 fully saturated rings. The van der Waals surface area contributed by atoms with Crippen molar-refractivity contribution in [3.8, 4) is 6.07 Å². The Morgan fingerprint density at radius 1 is 1.31 bits per heavy atom. The Balaban J connectivity index is 2.30. The van der Waals surface area contributed by atoms with Gasteiger partial charge in [0.05, 0.1) is 17.9 Å². The second-order valence-electron chi connectivity index (χ2n) is 3.73. The van der Waals surface area contributed by atoms with Crippen molar-refractivity contribution in [1.82, 2.24) is 0 Å². The Bertz CT molecular complexity index is 406. The van der Waals surface area contributed by atoms with Crippen molar-refractivity contribution in [3.63, 3.8) is 0 Å². The molecule has 4 heteroatoms. The highest BCUT2D eigenvalue weighted by molar-refractivity contribution is 6.30. The van der Waals surface area contributed by atoms with Gasteiger partial charge in [-0.15, -0.1) is 0 Å². The van der Waals surface area contributed by atoms with Gasteiger partial charge in [0.15, 0.2) is 0 Å². The fourth-order valence-corrected chi connectivity index (χ4v) is 2.01. The van der Waals surface area contributed by atoms with E-state index in [0.717, 1.165) is 31.8 Å². The molecule has 1 heterocycles. The molecule has 2 rings (SSSR count). The lowest BCUT2D eigenvalue weighted by Gasteiger charge is -2.23. The molecule has 0 unspecified atom stereocenters. The van der Waals surface area contributed by atoms with Gasteiger partial charge in [-0.2, -0.15) is 5.26 Å². The third-order valence-corrected chi connectivity index (χ3v) is 2.88. The number of hydrogen-bond donors (Lipinski definition) is 0. The summed E-state index contributed by atoms with van der Waals surface area (Å²) in [6.07, 6.45) is 0.984. The van der Waals surface area contributed by atoms with Crippen molar-refractivity contribution in [2.75, 3.05) is 31.2 Å². The van der Waals surface area contributed by atoms with E-state index in [9.17, 15) is 0 Å². The number of nitriles is 1. The van der Waals surface area contributed by atoms with Crippen LogP contribution in [-0.2, 0) is 4.74 Å². The lowest BCUT2D eigenvalue weighted by atomic mass is 10.1. The van der Waals surface area contributed by atoms with Crippen LogP contribution in [0.3, 0.4) is 0 Å². The van der Waals surface area contributed by atoms with Gasteiger partial charge in [-0.25, -0.2) is 0 Å². The molecule has 16 heavy (non-hydrogen) atoms. The van der Waals surface area contributed by atoms with E-state index in [4.69, 9.17) is 21.6 Å². The summed E-state index contributed by atoms with van der Waals surface area (Å²) in [7, 11) is 0. The van der Waals surface area contributed by atoms with Gasteiger partial charge in [-0.3, -0.25) is 0 Å². The van der Waals surface area contributed by atoms with E-state index in [1.807, 2.05) is 6.07 Å². The highest BCUT2D eigenvalue weighted by Crippen LogP contribution is 2.25. The number of ether oxygens (including phenoxy) is 1. The molecule has 1 aliphatic rings. The van der Waals surface area contributed by atoms with Gasteiger partial charge in [0.1, 0.15) is 6.07 Å². The Hall–Kier alpha value is -1.24. The molecule has 1 aliphatic heterocycles. The standard InChI is InChI=1S/C12H13ClN2O/c13-11-3-2-10(9-14)12(8-11)15-4-1-6-16-7-5-15/h2-3,8H,1,4-7H2. The predicted octanol–water partition coefficient (Wildman–Crippen LogP) is 2.44. The van der Waals surface area contributed by atoms with Crippen LogP contribution in [-0.4, -0.2) is 26.3 Å². The van der Waals surface area contributed by atoms with E-state index in [0.29, 0.717) is 17.2 Å². The molecule has 0 spiro atoms. The summed E-state index contributed by atoms with van der Waals surface area (Å²) in [5.41, 5.74) is 1.59. The van der Waals surface area contributed by atoms with Gasteiger partial charge in [-0.1, -0.05) is 11.6 Å². The molecule has 0 amide bonds. The molecule has 0 saturated carbocycles. The van der Waals surface area contributed by atoms with Crippen molar-refractivity contribution in [2.24, 2.45) is 0 Å². The highest BCUT2D eigenvalue weighted by Gasteiger charge is 2.13. The van der Waals surface area contributed by atoms with Crippen LogP contribution in [0.4, 0.5) is 5.69 Å². The molecule has 0 bridgehead atoms. The van der Waals surface area contributed by atoms with E-state index < -0.39 is 0 Å². The molecule has 3 nitrogen and oxygen atoms in total. The van der Waals surface area contributed by atoms with Crippen LogP contribution in [0, 0.1) is 11.3 Å². The maximum atomic E-state index is 9.06. The molecule has 84 valence electrons. The van der Waals surface area contributed by atoms with Crippen LogP contribution in [0.5, 0.6) is 0 Å². The third-order valence-electron chi connectivity index (χ3n) is 2.64.